The molecule has 0 radical (unpaired) electrons. The third-order valence-corrected chi connectivity index (χ3v) is 7.17. The third kappa shape index (κ3) is 8.96. The summed E-state index contributed by atoms with van der Waals surface area (Å²) in [6.45, 7) is 4.61. The largest absolute Gasteiger partial charge is 0.497 e. The molecule has 0 aliphatic carbocycles. The quantitative estimate of drug-likeness (QED) is 0.351. The lowest BCUT2D eigenvalue weighted by Gasteiger charge is -2.29. The molecule has 37 heavy (non-hydrogen) atoms. The summed E-state index contributed by atoms with van der Waals surface area (Å²) in [7, 11) is -0.568. The van der Waals surface area contributed by atoms with E-state index in [0.717, 1.165) is 24.7 Å². The van der Waals surface area contributed by atoms with E-state index in [4.69, 9.17) is 9.47 Å². The highest BCUT2D eigenvalue weighted by atomic mass is 32.2. The van der Waals surface area contributed by atoms with Crippen molar-refractivity contribution >= 4 is 27.5 Å². The summed E-state index contributed by atoms with van der Waals surface area (Å²) in [5.41, 5.74) is 1.24. The summed E-state index contributed by atoms with van der Waals surface area (Å²) < 4.78 is 37.0. The van der Waals surface area contributed by atoms with E-state index in [1.807, 2.05) is 31.2 Å². The predicted molar refractivity (Wildman–Crippen MR) is 145 cm³/mol. The number of amides is 2. The highest BCUT2D eigenvalue weighted by molar-refractivity contribution is 7.92. The summed E-state index contributed by atoms with van der Waals surface area (Å²) in [5, 5.41) is 2.90. The highest BCUT2D eigenvalue weighted by Gasteiger charge is 2.27. The fourth-order valence-electron chi connectivity index (χ4n) is 3.90. The van der Waals surface area contributed by atoms with Gasteiger partial charge in [-0.2, -0.15) is 0 Å². The zero-order chi connectivity index (χ0) is 27.4. The van der Waals surface area contributed by atoms with E-state index >= 15 is 0 Å². The number of carbonyl (C=O) groups is 2. The molecule has 0 saturated carbocycles. The fraction of sp³-hybridized carbons (Fsp3) is 0.481. The molecule has 0 aromatic heterocycles. The lowest BCUT2D eigenvalue weighted by molar-refractivity contribution is -0.140. The van der Waals surface area contributed by atoms with Crippen LogP contribution in [0, 0.1) is 0 Å². The van der Waals surface area contributed by atoms with Gasteiger partial charge in [-0.3, -0.25) is 13.9 Å². The van der Waals surface area contributed by atoms with Gasteiger partial charge in [-0.15, -0.1) is 0 Å². The SMILES string of the molecule is CCCCNC(=O)[C@@H](C)N(Cc1cccc(OC)c1)C(=O)CCCN(c1ccccc1OC)S(C)(=O)=O. The second-order valence-electron chi connectivity index (χ2n) is 8.80. The van der Waals surface area contributed by atoms with Gasteiger partial charge >= 0.3 is 0 Å². The number of unbranched alkanes of at least 4 members (excludes halogenated alkanes) is 1. The van der Waals surface area contributed by atoms with Crippen molar-refractivity contribution in [3.8, 4) is 11.5 Å². The van der Waals surface area contributed by atoms with Crippen LogP contribution in [0.3, 0.4) is 0 Å². The number of rotatable bonds is 15. The van der Waals surface area contributed by atoms with Crippen LogP contribution >= 0.6 is 0 Å². The molecule has 2 rings (SSSR count). The molecule has 0 aliphatic rings. The first-order valence-corrected chi connectivity index (χ1v) is 14.3. The monoisotopic (exact) mass is 533 g/mol. The van der Waals surface area contributed by atoms with Gasteiger partial charge in [-0.1, -0.05) is 37.6 Å². The first-order valence-electron chi connectivity index (χ1n) is 12.4. The van der Waals surface area contributed by atoms with Crippen LogP contribution in [0.1, 0.15) is 45.1 Å². The zero-order valence-electron chi connectivity index (χ0n) is 22.4. The van der Waals surface area contributed by atoms with Gasteiger partial charge in [0.25, 0.3) is 0 Å². The molecule has 2 amide bonds. The number of sulfonamides is 1. The molecular formula is C27H39N3O6S. The average molecular weight is 534 g/mol. The number of nitrogens with one attached hydrogen (secondary N) is 1. The molecule has 0 unspecified atom stereocenters. The van der Waals surface area contributed by atoms with Crippen molar-refractivity contribution in [1.29, 1.82) is 0 Å². The van der Waals surface area contributed by atoms with Crippen LogP contribution < -0.4 is 19.1 Å². The fourth-order valence-corrected chi connectivity index (χ4v) is 4.87. The molecule has 10 heteroatoms. The molecule has 0 fully saturated rings. The number of carbonyl (C=O) groups excluding carboxylic acids is 2. The summed E-state index contributed by atoms with van der Waals surface area (Å²) in [6.07, 6.45) is 3.26. The number of hydrogen-bond acceptors (Lipinski definition) is 6. The Kier molecular flexibility index (Phi) is 11.7. The van der Waals surface area contributed by atoms with Gasteiger partial charge in [0.1, 0.15) is 17.5 Å². The molecular weight excluding hydrogens is 494 g/mol. The summed E-state index contributed by atoms with van der Waals surface area (Å²) >= 11 is 0. The van der Waals surface area contributed by atoms with E-state index in [2.05, 4.69) is 5.32 Å². The Hall–Kier alpha value is -3.27. The Balaban J connectivity index is 2.19. The number of anilines is 1. The first kappa shape index (κ1) is 30.0. The van der Waals surface area contributed by atoms with Gasteiger partial charge in [-0.05, 0) is 49.6 Å². The lowest BCUT2D eigenvalue weighted by Crippen LogP contribution is -2.48. The smallest absolute Gasteiger partial charge is 0.242 e. The Morgan fingerprint density at radius 1 is 1.03 bits per heavy atom. The van der Waals surface area contributed by atoms with E-state index in [9.17, 15) is 18.0 Å². The molecule has 2 aromatic rings. The van der Waals surface area contributed by atoms with Gasteiger partial charge in [0, 0.05) is 26.1 Å². The molecule has 9 nitrogen and oxygen atoms in total. The molecule has 1 N–H and O–H groups in total. The Labute approximate surface area is 220 Å². The molecule has 0 bridgehead atoms. The second kappa shape index (κ2) is 14.5. The molecule has 0 aliphatic heterocycles. The van der Waals surface area contributed by atoms with Crippen molar-refractivity contribution in [3.05, 3.63) is 54.1 Å². The van der Waals surface area contributed by atoms with E-state index in [1.54, 1.807) is 38.3 Å². The van der Waals surface area contributed by atoms with Crippen LogP contribution in [0.15, 0.2) is 48.5 Å². The second-order valence-corrected chi connectivity index (χ2v) is 10.7. The molecule has 0 saturated heterocycles. The van der Waals surface area contributed by atoms with Crippen molar-refractivity contribution in [2.45, 2.75) is 52.1 Å². The summed E-state index contributed by atoms with van der Waals surface area (Å²) in [4.78, 5) is 27.7. The maximum Gasteiger partial charge on any atom is 0.242 e. The van der Waals surface area contributed by atoms with Gasteiger partial charge in [-0.25, -0.2) is 8.42 Å². The maximum atomic E-state index is 13.4. The average Bonchev–Trinajstić information content (AvgIpc) is 2.88. The molecule has 2 aromatic carbocycles. The minimum atomic E-state index is -3.62. The first-order chi connectivity index (χ1) is 17.6. The van der Waals surface area contributed by atoms with Crippen molar-refractivity contribution in [3.63, 3.8) is 0 Å². The van der Waals surface area contributed by atoms with E-state index in [0.29, 0.717) is 23.7 Å². The number of hydrogen-bond donors (Lipinski definition) is 1. The predicted octanol–water partition coefficient (Wildman–Crippen LogP) is 3.58. The molecule has 0 spiro atoms. The van der Waals surface area contributed by atoms with E-state index < -0.39 is 16.1 Å². The van der Waals surface area contributed by atoms with Crippen molar-refractivity contribution in [2.24, 2.45) is 0 Å². The van der Waals surface area contributed by atoms with E-state index in [1.165, 1.54) is 16.3 Å². The van der Waals surface area contributed by atoms with Crippen LogP contribution in [0.2, 0.25) is 0 Å². The van der Waals surface area contributed by atoms with Gasteiger partial charge < -0.3 is 19.7 Å². The van der Waals surface area contributed by atoms with Gasteiger partial charge in [0.05, 0.1) is 26.2 Å². The Bertz CT molecular complexity index is 1140. The van der Waals surface area contributed by atoms with Gasteiger partial charge in [0.15, 0.2) is 0 Å². The summed E-state index contributed by atoms with van der Waals surface area (Å²) in [5.74, 6) is 0.618. The number of para-hydroxylation sites is 2. The number of benzene rings is 2. The normalized spacial score (nSPS) is 11.9. The van der Waals surface area contributed by atoms with Crippen molar-refractivity contribution in [1.82, 2.24) is 10.2 Å². The Morgan fingerprint density at radius 3 is 2.41 bits per heavy atom. The molecule has 1 atom stereocenters. The minimum Gasteiger partial charge on any atom is -0.497 e. The number of methoxy groups -OCH3 is 2. The topological polar surface area (TPSA) is 105 Å². The van der Waals surface area contributed by atoms with E-state index in [-0.39, 0.29) is 37.7 Å². The Morgan fingerprint density at radius 2 is 1.76 bits per heavy atom. The standard InChI is InChI=1S/C27H39N3O6S/c1-6-7-17-28-27(32)21(2)29(20-22-12-10-13-23(19-22)35-3)26(31)16-11-18-30(37(5,33)34)24-14-8-9-15-25(24)36-4/h8-10,12-15,19,21H,6-7,11,16-18,20H2,1-5H3,(H,28,32)/t21-/m1/s1. The third-order valence-electron chi connectivity index (χ3n) is 5.99. The van der Waals surface area contributed by atoms with Crippen LogP contribution in [0.4, 0.5) is 5.69 Å². The minimum absolute atomic E-state index is 0.0672. The van der Waals surface area contributed by atoms with Gasteiger partial charge in [0.2, 0.25) is 21.8 Å². The molecule has 204 valence electrons. The van der Waals surface area contributed by atoms with Crippen molar-refractivity contribution < 1.29 is 27.5 Å². The summed E-state index contributed by atoms with van der Waals surface area (Å²) in [6, 6.07) is 13.5. The maximum absolute atomic E-state index is 13.4. The molecule has 0 heterocycles. The number of ether oxygens (including phenoxy) is 2. The zero-order valence-corrected chi connectivity index (χ0v) is 23.2. The van der Waals surface area contributed by atoms with Crippen LogP contribution in [-0.4, -0.2) is 64.7 Å². The van der Waals surface area contributed by atoms with Crippen LogP contribution in [0.25, 0.3) is 0 Å². The lowest BCUT2D eigenvalue weighted by atomic mass is 10.1. The van der Waals surface area contributed by atoms with Crippen molar-refractivity contribution in [2.75, 3.05) is 37.9 Å². The highest BCUT2D eigenvalue weighted by Crippen LogP contribution is 2.29. The van der Waals surface area contributed by atoms with Crippen LogP contribution in [0.5, 0.6) is 11.5 Å². The van der Waals surface area contributed by atoms with Crippen LogP contribution in [-0.2, 0) is 26.2 Å². The number of nitrogens with zero attached hydrogens (tertiary/aromatic N) is 2.